The van der Waals surface area contributed by atoms with Crippen LogP contribution in [0.5, 0.6) is 5.75 Å². The van der Waals surface area contributed by atoms with E-state index in [2.05, 4.69) is 4.74 Å². The zero-order valence-electron chi connectivity index (χ0n) is 13.3. The lowest BCUT2D eigenvalue weighted by molar-refractivity contribution is -0.144. The average molecular weight is 336 g/mol. The molecule has 0 radical (unpaired) electrons. The third-order valence-electron chi connectivity index (χ3n) is 2.74. The van der Waals surface area contributed by atoms with Gasteiger partial charge in [0.1, 0.15) is 5.75 Å². The van der Waals surface area contributed by atoms with E-state index >= 15 is 0 Å². The number of ether oxygens (including phenoxy) is 3. The molecule has 1 rings (SSSR count). The molecule has 0 bridgehead atoms. The van der Waals surface area contributed by atoms with E-state index < -0.39 is 24.0 Å². The van der Waals surface area contributed by atoms with Gasteiger partial charge in [-0.15, -0.1) is 0 Å². The maximum atomic E-state index is 11.6. The molecule has 1 unspecified atom stereocenters. The minimum Gasteiger partial charge on any atom is -0.463 e. The van der Waals surface area contributed by atoms with E-state index in [1.165, 1.54) is 0 Å². The second-order valence-corrected chi connectivity index (χ2v) is 4.65. The van der Waals surface area contributed by atoms with Crippen molar-refractivity contribution in [1.29, 1.82) is 0 Å². The van der Waals surface area contributed by atoms with Gasteiger partial charge in [0.2, 0.25) is 0 Å². The van der Waals surface area contributed by atoms with Gasteiger partial charge in [0.15, 0.2) is 6.10 Å². The molecule has 7 nitrogen and oxygen atoms in total. The van der Waals surface area contributed by atoms with E-state index in [0.717, 1.165) is 12.2 Å². The fourth-order valence-electron chi connectivity index (χ4n) is 1.61. The minimum atomic E-state index is -1.31. The molecule has 1 aromatic rings. The lowest BCUT2D eigenvalue weighted by Gasteiger charge is -2.10. The van der Waals surface area contributed by atoms with Crippen LogP contribution in [0.15, 0.2) is 42.5 Å². The molecule has 0 saturated heterocycles. The highest BCUT2D eigenvalue weighted by Crippen LogP contribution is 2.10. The van der Waals surface area contributed by atoms with Gasteiger partial charge in [0.05, 0.1) is 13.2 Å². The molecular formula is C17H20O7. The van der Waals surface area contributed by atoms with E-state index in [1.54, 1.807) is 37.3 Å². The van der Waals surface area contributed by atoms with Crippen molar-refractivity contribution in [2.24, 2.45) is 0 Å². The van der Waals surface area contributed by atoms with E-state index in [0.29, 0.717) is 5.75 Å². The van der Waals surface area contributed by atoms with E-state index in [9.17, 15) is 19.5 Å². The first-order chi connectivity index (χ1) is 11.5. The summed E-state index contributed by atoms with van der Waals surface area (Å²) in [7, 11) is 0. The summed E-state index contributed by atoms with van der Waals surface area (Å²) >= 11 is 0. The Labute approximate surface area is 139 Å². The molecule has 0 amide bonds. The van der Waals surface area contributed by atoms with Crippen molar-refractivity contribution in [2.45, 2.75) is 25.9 Å². The van der Waals surface area contributed by atoms with Gasteiger partial charge in [0.25, 0.3) is 0 Å². The Morgan fingerprint density at radius 2 is 1.71 bits per heavy atom. The van der Waals surface area contributed by atoms with Gasteiger partial charge in [0, 0.05) is 12.2 Å². The van der Waals surface area contributed by atoms with Crippen LogP contribution >= 0.6 is 0 Å². The second kappa shape index (κ2) is 11.0. The summed E-state index contributed by atoms with van der Waals surface area (Å²) in [5.41, 5.74) is 0. The SMILES string of the molecule is CCOC(=O)C=CC(=O)OCCCC(O)C(=O)Oc1ccccc1. The van der Waals surface area contributed by atoms with Crippen LogP contribution < -0.4 is 4.74 Å². The predicted octanol–water partition coefficient (Wildman–Crippen LogP) is 1.40. The molecule has 1 aromatic carbocycles. The summed E-state index contributed by atoms with van der Waals surface area (Å²) < 4.78 is 14.4. The number of esters is 3. The van der Waals surface area contributed by atoms with E-state index in [4.69, 9.17) is 9.47 Å². The van der Waals surface area contributed by atoms with Crippen molar-refractivity contribution < 1.29 is 33.7 Å². The standard InChI is InChI=1S/C17H20O7/c1-2-22-15(19)10-11-16(20)23-12-6-9-14(18)17(21)24-13-7-4-3-5-8-13/h3-5,7-8,10-11,14,18H,2,6,9,12H2,1H3. The third-order valence-corrected chi connectivity index (χ3v) is 2.74. The Balaban J connectivity index is 2.21. The lowest BCUT2D eigenvalue weighted by atomic mass is 10.2. The fraction of sp³-hybridized carbons (Fsp3) is 0.353. The van der Waals surface area contributed by atoms with Crippen LogP contribution in [-0.4, -0.2) is 42.3 Å². The van der Waals surface area contributed by atoms with E-state index in [-0.39, 0.29) is 26.1 Å². The van der Waals surface area contributed by atoms with Crippen LogP contribution in [-0.2, 0) is 23.9 Å². The number of rotatable bonds is 9. The average Bonchev–Trinajstić information content (AvgIpc) is 2.57. The van der Waals surface area contributed by atoms with Gasteiger partial charge in [-0.05, 0) is 31.9 Å². The van der Waals surface area contributed by atoms with Crippen molar-refractivity contribution in [3.05, 3.63) is 42.5 Å². The summed E-state index contributed by atoms with van der Waals surface area (Å²) in [4.78, 5) is 33.9. The zero-order valence-corrected chi connectivity index (χ0v) is 13.3. The Kier molecular flexibility index (Phi) is 8.85. The molecule has 130 valence electrons. The number of benzene rings is 1. The molecule has 0 aliphatic heterocycles. The zero-order chi connectivity index (χ0) is 17.8. The summed E-state index contributed by atoms with van der Waals surface area (Å²) in [5.74, 6) is -1.76. The maximum absolute atomic E-state index is 11.6. The van der Waals surface area contributed by atoms with Crippen molar-refractivity contribution in [2.75, 3.05) is 13.2 Å². The van der Waals surface area contributed by atoms with Crippen LogP contribution in [0, 0.1) is 0 Å². The summed E-state index contributed by atoms with van der Waals surface area (Å²) in [6.45, 7) is 1.87. The van der Waals surface area contributed by atoms with Crippen molar-refractivity contribution >= 4 is 17.9 Å². The van der Waals surface area contributed by atoms with Crippen LogP contribution in [0.2, 0.25) is 0 Å². The summed E-state index contributed by atoms with van der Waals surface area (Å²) in [6, 6.07) is 8.39. The van der Waals surface area contributed by atoms with E-state index in [1.807, 2.05) is 0 Å². The quantitative estimate of drug-likeness (QED) is 0.315. The van der Waals surface area contributed by atoms with Crippen molar-refractivity contribution in [3.63, 3.8) is 0 Å². The van der Waals surface area contributed by atoms with Gasteiger partial charge >= 0.3 is 17.9 Å². The fourth-order valence-corrected chi connectivity index (χ4v) is 1.61. The molecule has 0 spiro atoms. The van der Waals surface area contributed by atoms with Gasteiger partial charge in [-0.3, -0.25) is 0 Å². The Hall–Kier alpha value is -2.67. The third kappa shape index (κ3) is 8.09. The highest BCUT2D eigenvalue weighted by atomic mass is 16.6. The number of hydrogen-bond donors (Lipinski definition) is 1. The normalized spacial score (nSPS) is 11.8. The molecule has 0 fully saturated rings. The highest BCUT2D eigenvalue weighted by molar-refractivity contribution is 5.91. The van der Waals surface area contributed by atoms with Crippen LogP contribution in [0.1, 0.15) is 19.8 Å². The number of hydrogen-bond acceptors (Lipinski definition) is 7. The summed E-state index contributed by atoms with van der Waals surface area (Å²) in [6.07, 6.45) is 0.972. The molecular weight excluding hydrogens is 316 g/mol. The lowest BCUT2D eigenvalue weighted by Crippen LogP contribution is -2.26. The Bertz CT molecular complexity index is 566. The summed E-state index contributed by atoms with van der Waals surface area (Å²) in [5, 5.41) is 9.69. The molecule has 0 aliphatic rings. The van der Waals surface area contributed by atoms with Gasteiger partial charge in [-0.1, -0.05) is 18.2 Å². The van der Waals surface area contributed by atoms with Crippen LogP contribution in [0.3, 0.4) is 0 Å². The van der Waals surface area contributed by atoms with Crippen LogP contribution in [0.25, 0.3) is 0 Å². The topological polar surface area (TPSA) is 99.1 Å². The molecule has 0 saturated carbocycles. The smallest absolute Gasteiger partial charge is 0.340 e. The maximum Gasteiger partial charge on any atom is 0.340 e. The van der Waals surface area contributed by atoms with Crippen LogP contribution in [0.4, 0.5) is 0 Å². The molecule has 1 atom stereocenters. The molecule has 0 aromatic heterocycles. The largest absolute Gasteiger partial charge is 0.463 e. The highest BCUT2D eigenvalue weighted by Gasteiger charge is 2.17. The molecule has 7 heteroatoms. The predicted molar refractivity (Wildman–Crippen MR) is 84.0 cm³/mol. The first-order valence-corrected chi connectivity index (χ1v) is 7.49. The molecule has 1 N–H and O–H groups in total. The number of aliphatic hydroxyl groups is 1. The molecule has 0 aliphatic carbocycles. The van der Waals surface area contributed by atoms with Gasteiger partial charge < -0.3 is 19.3 Å². The van der Waals surface area contributed by atoms with Crippen molar-refractivity contribution in [1.82, 2.24) is 0 Å². The Morgan fingerprint density at radius 3 is 2.33 bits per heavy atom. The number of aliphatic hydroxyl groups excluding tert-OH is 1. The number of carbonyl (C=O) groups excluding carboxylic acids is 3. The second-order valence-electron chi connectivity index (χ2n) is 4.65. The first-order valence-electron chi connectivity index (χ1n) is 7.49. The van der Waals surface area contributed by atoms with Gasteiger partial charge in [-0.25, -0.2) is 14.4 Å². The Morgan fingerprint density at radius 1 is 1.08 bits per heavy atom. The van der Waals surface area contributed by atoms with Gasteiger partial charge in [-0.2, -0.15) is 0 Å². The minimum absolute atomic E-state index is 0.00166. The number of carbonyl (C=O) groups is 3. The monoisotopic (exact) mass is 336 g/mol. The number of para-hydroxylation sites is 1. The molecule has 0 heterocycles. The first kappa shape index (κ1) is 19.4. The molecule has 24 heavy (non-hydrogen) atoms. The van der Waals surface area contributed by atoms with Crippen molar-refractivity contribution in [3.8, 4) is 5.75 Å².